The Kier molecular flexibility index (Phi) is 31.1. The van der Waals surface area contributed by atoms with Gasteiger partial charge in [-0.05, 0) is 199 Å². The van der Waals surface area contributed by atoms with E-state index >= 15 is 0 Å². The van der Waals surface area contributed by atoms with Gasteiger partial charge in [-0.25, -0.2) is 15.0 Å². The predicted octanol–water partition coefficient (Wildman–Crippen LogP) is 8.98. The van der Waals surface area contributed by atoms with Crippen molar-refractivity contribution in [2.45, 2.75) is 169 Å². The Hall–Kier alpha value is -4.67. The van der Waals surface area contributed by atoms with Gasteiger partial charge in [0.05, 0.1) is 93.8 Å². The number of aromatic nitrogens is 6. The summed E-state index contributed by atoms with van der Waals surface area (Å²) in [4.78, 5) is 96.6. The van der Waals surface area contributed by atoms with E-state index < -0.39 is 56.4 Å². The SMILES string of the molecule is BrCC1CC1.CCOC(=O)Cn1c2nc(NC3CC(OC(F)F)C3)ccc2c(=O)c2ccc(Cl)c(SC)c21.CSc1c(Cl)ccc2c(=O)c3ccc(N(CC4CC4)C4CC(C)C4)nc3n(CC(=O)[O-])c12.CSc1c(Cl)ccc2c(=O)c3ccc(N(CC4CC4)C4CC(OC(F)F)C4)nc3n(CC(=O)O)c12.[Na+].[Na+].[OH-]. The van der Waals surface area contributed by atoms with Crippen molar-refractivity contribution < 1.29 is 121 Å². The number of nitrogens with zero attached hydrogens (tertiary/aromatic N) is 8. The van der Waals surface area contributed by atoms with E-state index in [2.05, 4.69) is 52.4 Å². The van der Waals surface area contributed by atoms with Gasteiger partial charge in [0.15, 0.2) is 16.3 Å². The molecule has 21 nitrogen and oxygen atoms in total. The molecule has 9 aromatic rings. The molecule has 0 bridgehead atoms. The average molecular weight is 1690 g/mol. The minimum absolute atomic E-state index is 0. The monoisotopic (exact) mass is 1690 g/mol. The van der Waals surface area contributed by atoms with Crippen LogP contribution >= 0.6 is 86.0 Å². The number of ether oxygens (including phenoxy) is 3. The van der Waals surface area contributed by atoms with E-state index in [1.807, 2.05) is 24.8 Å². The molecule has 568 valence electrons. The van der Waals surface area contributed by atoms with Gasteiger partial charge in [0, 0.05) is 52.7 Å². The van der Waals surface area contributed by atoms with Gasteiger partial charge < -0.3 is 63.5 Å². The second-order valence-electron chi connectivity index (χ2n) is 27.4. The molecule has 34 heteroatoms. The average Bonchev–Trinajstić information content (AvgIpc) is 1.20. The fourth-order valence-corrected chi connectivity index (χ4v) is 17.7. The Labute approximate surface area is 700 Å². The molecule has 6 aliphatic carbocycles. The number of anilines is 3. The summed E-state index contributed by atoms with van der Waals surface area (Å²) >= 11 is 26.7. The van der Waals surface area contributed by atoms with E-state index in [1.54, 1.807) is 82.8 Å². The van der Waals surface area contributed by atoms with Crippen molar-refractivity contribution in [1.29, 1.82) is 0 Å². The van der Waals surface area contributed by atoms with Crippen molar-refractivity contribution in [3.63, 3.8) is 0 Å². The summed E-state index contributed by atoms with van der Waals surface area (Å²) in [6.45, 7) is -0.669. The predicted molar refractivity (Wildman–Crippen MR) is 412 cm³/mol. The van der Waals surface area contributed by atoms with E-state index in [9.17, 15) is 56.5 Å². The summed E-state index contributed by atoms with van der Waals surface area (Å²) in [5.74, 6) is 2.03. The second kappa shape index (κ2) is 38.4. The van der Waals surface area contributed by atoms with E-state index in [1.165, 1.54) is 70.9 Å². The molecule has 0 unspecified atom stereocenters. The van der Waals surface area contributed by atoms with Crippen molar-refractivity contribution in [3.05, 3.63) is 119 Å². The summed E-state index contributed by atoms with van der Waals surface area (Å²) in [5.41, 5.74) is 1.77. The Morgan fingerprint density at radius 1 is 0.583 bits per heavy atom. The zero-order valence-electron chi connectivity index (χ0n) is 60.5. The zero-order chi connectivity index (χ0) is 74.8. The number of nitrogens with one attached hydrogen (secondary N) is 1. The summed E-state index contributed by atoms with van der Waals surface area (Å²) in [5, 5.41) is 29.5. The third-order valence-corrected chi connectivity index (χ3v) is 24.5. The van der Waals surface area contributed by atoms with Crippen molar-refractivity contribution in [3.8, 4) is 0 Å². The summed E-state index contributed by atoms with van der Waals surface area (Å²) < 4.78 is 69.0. The number of esters is 1. The van der Waals surface area contributed by atoms with Gasteiger partial charge in [-0.1, -0.05) is 57.7 Å². The number of hydrogen-bond donors (Lipinski definition) is 2. The number of carboxylic acid groups (broad SMARTS) is 2. The van der Waals surface area contributed by atoms with Crippen LogP contribution in [0.5, 0.6) is 0 Å². The summed E-state index contributed by atoms with van der Waals surface area (Å²) in [6.07, 6.45) is 16.1. The molecule has 0 radical (unpaired) electrons. The van der Waals surface area contributed by atoms with Crippen LogP contribution in [-0.4, -0.2) is 144 Å². The fourth-order valence-electron chi connectivity index (χ4n) is 13.9. The molecule has 6 heterocycles. The molecule has 0 atom stereocenters. The normalized spacial score (nSPS) is 19.1. The van der Waals surface area contributed by atoms with Crippen molar-refractivity contribution in [2.24, 2.45) is 23.7 Å². The first-order chi connectivity index (χ1) is 50.4. The molecule has 6 aliphatic rings. The standard InChI is InChI=1S/C24H24ClF2N3O4S.C24H26ClN3O3S.C22H22ClF2N3O4S.C4H7Br.2Na.H2O/c1-35-22-17(25)6-4-15-20(22)30(11-19(31)32)23-16(21(15)33)5-7-18(28-23)29(10-12-2-3-12)13-8-14(9-13)34-24(26)27;1-13-9-15(10-13)27(11-14-3-4-14)19-8-6-17-22(31)16-5-7-18(25)23(32-2)21(16)28(12-20(29)30)24(17)26-19;1-3-31-17(29)10-28-18-13(4-6-15(23)20(18)33-2)19(30)14-5-7-16(27-21(14)28)26-11-8-12(9-11)32-22(24)25;5-3-4-1-2-4;;;/h4-7,12-14,24H,2-3,8-11H2,1H3,(H,31,32);5-8,13-15H,3-4,9-12H2,1-2H3,(H,29,30);4-7,11-12,22H,3,8-10H2,1-2H3,(H,26,27);4H,1-3H2;;;1H2/q;;;;2*+1;/p-2. The Bertz CT molecular complexity index is 5000. The summed E-state index contributed by atoms with van der Waals surface area (Å²) in [7, 11) is 0. The Morgan fingerprint density at radius 2 is 0.963 bits per heavy atom. The molecule has 108 heavy (non-hydrogen) atoms. The zero-order valence-corrected chi connectivity index (χ0v) is 70.8. The van der Waals surface area contributed by atoms with Crippen LogP contribution in [-0.2, 0) is 48.2 Å². The maximum absolute atomic E-state index is 13.4. The molecule has 0 aliphatic heterocycles. The van der Waals surface area contributed by atoms with Crippen LogP contribution in [0.25, 0.3) is 65.8 Å². The van der Waals surface area contributed by atoms with E-state index in [-0.39, 0.29) is 112 Å². The van der Waals surface area contributed by atoms with Gasteiger partial charge in [0.2, 0.25) is 0 Å². The third-order valence-electron chi connectivity index (χ3n) is 19.8. The molecule has 6 fully saturated rings. The molecule has 0 saturated heterocycles. The summed E-state index contributed by atoms with van der Waals surface area (Å²) in [6, 6.07) is 20.7. The number of halogens is 8. The quantitative estimate of drug-likeness (QED) is 0.0135. The van der Waals surface area contributed by atoms with Crippen LogP contribution in [0, 0.1) is 23.7 Å². The van der Waals surface area contributed by atoms with Crippen LogP contribution in [0.3, 0.4) is 0 Å². The first-order valence-corrected chi connectivity index (χ1v) is 40.7. The van der Waals surface area contributed by atoms with Crippen LogP contribution in [0.15, 0.2) is 102 Å². The maximum Gasteiger partial charge on any atom is 1.00 e. The number of fused-ring (bicyclic) bond motifs is 6. The molecule has 0 spiro atoms. The number of benzene rings is 3. The molecular weight excluding hydrogens is 1610 g/mol. The van der Waals surface area contributed by atoms with Gasteiger partial charge >= 0.3 is 84.3 Å². The number of aliphatic carboxylic acids is 2. The number of carbonyl (C=O) groups excluding carboxylic acids is 2. The Balaban J connectivity index is 0.000000178. The fraction of sp³-hybridized carbons (Fsp3) is 0.473. The van der Waals surface area contributed by atoms with Crippen LogP contribution in [0.2, 0.25) is 15.1 Å². The smallest absolute Gasteiger partial charge is 0.870 e. The van der Waals surface area contributed by atoms with Gasteiger partial charge in [0.1, 0.15) is 47.5 Å². The van der Waals surface area contributed by atoms with Crippen molar-refractivity contribution in [1.82, 2.24) is 28.7 Å². The van der Waals surface area contributed by atoms with E-state index in [4.69, 9.17) is 49.5 Å². The van der Waals surface area contributed by atoms with Crippen LogP contribution in [0.4, 0.5) is 35.0 Å². The number of rotatable bonds is 25. The second-order valence-corrected chi connectivity index (χ2v) is 31.7. The van der Waals surface area contributed by atoms with Gasteiger partial charge in [0.25, 0.3) is 0 Å². The maximum atomic E-state index is 13.4. The number of hydrogen-bond acceptors (Lipinski definition) is 20. The minimum atomic E-state index is -2.80. The van der Waals surface area contributed by atoms with Crippen molar-refractivity contribution >= 4 is 187 Å². The third kappa shape index (κ3) is 20.1. The van der Waals surface area contributed by atoms with E-state index in [0.29, 0.717) is 151 Å². The number of pyridine rings is 6. The first-order valence-electron chi connectivity index (χ1n) is 34.8. The number of alkyl halides is 5. The van der Waals surface area contributed by atoms with Crippen molar-refractivity contribution in [2.75, 3.05) is 58.9 Å². The molecule has 15 rings (SSSR count). The molecule has 3 aromatic carbocycles. The first kappa shape index (κ1) is 87.3. The molecule has 6 saturated carbocycles. The molecule has 0 amide bonds. The van der Waals surface area contributed by atoms with Crippen LogP contribution < -0.4 is 95.6 Å². The molecular formula is C74H79BrCl3F4N9Na2O12S3. The van der Waals surface area contributed by atoms with E-state index in [0.717, 1.165) is 50.5 Å². The molecule has 3 N–H and O–H groups in total. The van der Waals surface area contributed by atoms with Crippen LogP contribution in [0.1, 0.15) is 90.9 Å². The van der Waals surface area contributed by atoms with Gasteiger partial charge in [-0.3, -0.25) is 24.0 Å². The number of carbonyl (C=O) groups is 3. The Morgan fingerprint density at radius 3 is 1.32 bits per heavy atom. The number of carboxylic acids is 2. The van der Waals surface area contributed by atoms with Gasteiger partial charge in [-0.15, -0.1) is 35.3 Å². The number of thioether (sulfide) groups is 3. The van der Waals surface area contributed by atoms with Gasteiger partial charge in [-0.2, -0.15) is 17.6 Å². The largest absolute Gasteiger partial charge is 1.00 e. The topological polar surface area (TPSA) is 275 Å². The minimum Gasteiger partial charge on any atom is -0.870 e. The molecule has 6 aromatic heterocycles.